The van der Waals surface area contributed by atoms with E-state index >= 15 is 0 Å². The van der Waals surface area contributed by atoms with Crippen molar-refractivity contribution in [2.45, 2.75) is 96.6 Å². The van der Waals surface area contributed by atoms with Gasteiger partial charge in [-0.2, -0.15) is 9.78 Å². The van der Waals surface area contributed by atoms with Crippen LogP contribution in [0.1, 0.15) is 89.5 Å². The molecule has 1 heterocycles. The molecule has 0 unspecified atom stereocenters. The molecule has 136 valence electrons. The molecule has 1 saturated heterocycles. The van der Waals surface area contributed by atoms with Crippen molar-refractivity contribution in [1.82, 2.24) is 0 Å². The zero-order chi connectivity index (χ0) is 16.9. The van der Waals surface area contributed by atoms with E-state index in [0.29, 0.717) is 6.61 Å². The molecule has 3 heteroatoms. The van der Waals surface area contributed by atoms with Gasteiger partial charge in [-0.15, -0.1) is 0 Å². The molecule has 0 saturated carbocycles. The van der Waals surface area contributed by atoms with E-state index in [1.165, 1.54) is 64.2 Å². The SMILES string of the molecule is CCCCCCCCCCCCCC1(OCc2ccccc2)OO1. The summed E-state index contributed by atoms with van der Waals surface area (Å²) in [6, 6.07) is 10.2. The molecular weight excluding hydrogens is 300 g/mol. The van der Waals surface area contributed by atoms with Crippen molar-refractivity contribution in [3.8, 4) is 0 Å². The van der Waals surface area contributed by atoms with Crippen LogP contribution in [0.5, 0.6) is 0 Å². The molecule has 1 fully saturated rings. The maximum absolute atomic E-state index is 5.77. The van der Waals surface area contributed by atoms with E-state index in [1.54, 1.807) is 0 Å². The van der Waals surface area contributed by atoms with Crippen LogP contribution in [-0.2, 0) is 21.1 Å². The lowest BCUT2D eigenvalue weighted by Gasteiger charge is -2.09. The minimum atomic E-state index is -0.755. The Bertz CT molecular complexity index is 414. The quantitative estimate of drug-likeness (QED) is 0.208. The highest BCUT2D eigenvalue weighted by Crippen LogP contribution is 2.37. The molecule has 0 atom stereocenters. The first kappa shape index (κ1) is 19.4. The average molecular weight is 334 g/mol. The first-order valence-electron chi connectivity index (χ1n) is 9.89. The Morgan fingerprint density at radius 2 is 1.29 bits per heavy atom. The van der Waals surface area contributed by atoms with Crippen LogP contribution in [0, 0.1) is 0 Å². The second kappa shape index (κ2) is 11.6. The molecule has 0 N–H and O–H groups in total. The number of rotatable bonds is 15. The highest BCUT2D eigenvalue weighted by molar-refractivity contribution is 5.13. The Kier molecular flexibility index (Phi) is 9.40. The van der Waals surface area contributed by atoms with E-state index in [-0.39, 0.29) is 0 Å². The van der Waals surface area contributed by atoms with Crippen molar-refractivity contribution < 1.29 is 14.5 Å². The summed E-state index contributed by atoms with van der Waals surface area (Å²) in [4.78, 5) is 10.2. The lowest BCUT2D eigenvalue weighted by Crippen LogP contribution is -2.15. The zero-order valence-electron chi connectivity index (χ0n) is 15.3. The van der Waals surface area contributed by atoms with Crippen molar-refractivity contribution in [2.75, 3.05) is 0 Å². The summed E-state index contributed by atoms with van der Waals surface area (Å²) in [6.07, 6.45) is 15.6. The highest BCUT2D eigenvalue weighted by Gasteiger charge is 2.50. The van der Waals surface area contributed by atoms with Gasteiger partial charge in [0.1, 0.15) is 0 Å². The van der Waals surface area contributed by atoms with Crippen LogP contribution in [0.15, 0.2) is 30.3 Å². The Hall–Kier alpha value is -0.900. The van der Waals surface area contributed by atoms with Crippen LogP contribution in [0.2, 0.25) is 0 Å². The van der Waals surface area contributed by atoms with E-state index in [9.17, 15) is 0 Å². The molecule has 1 aromatic rings. The molecule has 1 aliphatic heterocycles. The normalized spacial score (nSPS) is 15.5. The molecule has 0 spiro atoms. The van der Waals surface area contributed by atoms with Gasteiger partial charge in [-0.1, -0.05) is 101 Å². The number of unbranched alkanes of at least 4 members (excludes halogenated alkanes) is 10. The highest BCUT2D eigenvalue weighted by atomic mass is 17.4. The molecule has 0 amide bonds. The van der Waals surface area contributed by atoms with Crippen LogP contribution in [0.3, 0.4) is 0 Å². The van der Waals surface area contributed by atoms with Gasteiger partial charge in [0, 0.05) is 6.42 Å². The Morgan fingerprint density at radius 3 is 1.83 bits per heavy atom. The number of ether oxygens (including phenoxy) is 1. The summed E-state index contributed by atoms with van der Waals surface area (Å²) in [6.45, 7) is 2.81. The topological polar surface area (TPSA) is 34.3 Å². The summed E-state index contributed by atoms with van der Waals surface area (Å²) in [5.74, 6) is -0.755. The van der Waals surface area contributed by atoms with Crippen LogP contribution >= 0.6 is 0 Å². The zero-order valence-corrected chi connectivity index (χ0v) is 15.3. The fourth-order valence-electron chi connectivity index (χ4n) is 3.02. The molecule has 3 nitrogen and oxygen atoms in total. The van der Waals surface area contributed by atoms with Crippen molar-refractivity contribution >= 4 is 0 Å². The first-order chi connectivity index (χ1) is 11.8. The summed E-state index contributed by atoms with van der Waals surface area (Å²) in [5, 5.41) is 0. The van der Waals surface area contributed by atoms with Gasteiger partial charge in [-0.05, 0) is 12.0 Å². The van der Waals surface area contributed by atoms with Crippen LogP contribution in [0.4, 0.5) is 0 Å². The van der Waals surface area contributed by atoms with Gasteiger partial charge in [0.05, 0.1) is 6.61 Å². The predicted molar refractivity (Wildman–Crippen MR) is 97.2 cm³/mol. The molecule has 1 aromatic carbocycles. The van der Waals surface area contributed by atoms with Gasteiger partial charge in [-0.25, -0.2) is 0 Å². The lowest BCUT2D eigenvalue weighted by molar-refractivity contribution is -0.0724. The second-order valence-corrected chi connectivity index (χ2v) is 6.91. The summed E-state index contributed by atoms with van der Waals surface area (Å²) < 4.78 is 5.77. The van der Waals surface area contributed by atoms with Crippen LogP contribution < -0.4 is 0 Å². The largest absolute Gasteiger partial charge is 0.340 e. The Morgan fingerprint density at radius 1 is 0.750 bits per heavy atom. The van der Waals surface area contributed by atoms with Crippen LogP contribution in [0.25, 0.3) is 0 Å². The third kappa shape index (κ3) is 8.27. The fourth-order valence-corrected chi connectivity index (χ4v) is 3.02. The van der Waals surface area contributed by atoms with Crippen LogP contribution in [-0.4, -0.2) is 5.97 Å². The maximum Gasteiger partial charge on any atom is 0.340 e. The Labute approximate surface area is 147 Å². The smallest absolute Gasteiger partial charge is 0.319 e. The summed E-state index contributed by atoms with van der Waals surface area (Å²) in [5.41, 5.74) is 1.15. The van der Waals surface area contributed by atoms with E-state index < -0.39 is 5.97 Å². The van der Waals surface area contributed by atoms with Gasteiger partial charge in [0.25, 0.3) is 0 Å². The van der Waals surface area contributed by atoms with E-state index in [1.807, 2.05) is 18.2 Å². The fraction of sp³-hybridized carbons (Fsp3) is 0.714. The van der Waals surface area contributed by atoms with Gasteiger partial charge in [-0.3, -0.25) is 0 Å². The second-order valence-electron chi connectivity index (χ2n) is 6.91. The minimum Gasteiger partial charge on any atom is -0.319 e. The molecule has 0 aromatic heterocycles. The molecule has 1 aliphatic rings. The standard InChI is InChI=1S/C21H34O3/c1-2-3-4-5-6-7-8-9-10-11-15-18-21(23-24-21)22-19-20-16-13-12-14-17-20/h12-14,16-17H,2-11,15,18-19H2,1H3. The number of hydrogen-bond acceptors (Lipinski definition) is 3. The molecule has 2 rings (SSSR count). The molecule has 24 heavy (non-hydrogen) atoms. The van der Waals surface area contributed by atoms with Crippen molar-refractivity contribution in [3.63, 3.8) is 0 Å². The third-order valence-corrected chi connectivity index (χ3v) is 4.66. The van der Waals surface area contributed by atoms with Gasteiger partial charge in [0.2, 0.25) is 0 Å². The van der Waals surface area contributed by atoms with Gasteiger partial charge >= 0.3 is 5.97 Å². The van der Waals surface area contributed by atoms with Crippen molar-refractivity contribution in [1.29, 1.82) is 0 Å². The number of hydrogen-bond donors (Lipinski definition) is 0. The Balaban J connectivity index is 1.40. The average Bonchev–Trinajstić information content (AvgIpc) is 3.39. The van der Waals surface area contributed by atoms with E-state index in [4.69, 9.17) is 14.5 Å². The summed E-state index contributed by atoms with van der Waals surface area (Å²) in [7, 11) is 0. The number of benzene rings is 1. The van der Waals surface area contributed by atoms with Gasteiger partial charge in [0.15, 0.2) is 0 Å². The monoisotopic (exact) mass is 334 g/mol. The lowest BCUT2D eigenvalue weighted by atomic mass is 10.1. The first-order valence-corrected chi connectivity index (χ1v) is 9.89. The van der Waals surface area contributed by atoms with Crippen molar-refractivity contribution in [2.24, 2.45) is 0 Å². The van der Waals surface area contributed by atoms with Crippen molar-refractivity contribution in [3.05, 3.63) is 35.9 Å². The summed E-state index contributed by atoms with van der Waals surface area (Å²) >= 11 is 0. The molecule has 0 aliphatic carbocycles. The molecule has 0 radical (unpaired) electrons. The minimum absolute atomic E-state index is 0.541. The molecular formula is C21H34O3. The van der Waals surface area contributed by atoms with Gasteiger partial charge < -0.3 is 4.74 Å². The van der Waals surface area contributed by atoms with E-state index in [2.05, 4.69) is 19.1 Å². The van der Waals surface area contributed by atoms with E-state index in [0.717, 1.165) is 18.4 Å². The third-order valence-electron chi connectivity index (χ3n) is 4.66. The molecule has 0 bridgehead atoms. The maximum atomic E-state index is 5.77. The predicted octanol–water partition coefficient (Wildman–Crippen LogP) is 6.52.